The van der Waals surface area contributed by atoms with Crippen LogP contribution in [0.25, 0.3) is 0 Å². The van der Waals surface area contributed by atoms with Gasteiger partial charge >= 0.3 is 5.97 Å². The fraction of sp³-hybridized carbons (Fsp3) is 0.455. The van der Waals surface area contributed by atoms with E-state index in [9.17, 15) is 9.59 Å². The minimum atomic E-state index is -0.959. The number of nitrogens with one attached hydrogen (secondary N) is 1. The summed E-state index contributed by atoms with van der Waals surface area (Å²) in [4.78, 5) is 30.6. The van der Waals surface area contributed by atoms with Crippen LogP contribution in [0.15, 0.2) is 6.33 Å². The van der Waals surface area contributed by atoms with Crippen LogP contribution >= 0.6 is 23.2 Å². The number of hydrogen-bond donors (Lipinski definition) is 2. The molecule has 1 amide bonds. The molecule has 0 aliphatic heterocycles. The summed E-state index contributed by atoms with van der Waals surface area (Å²) < 4.78 is 0. The van der Waals surface area contributed by atoms with E-state index in [1.54, 1.807) is 0 Å². The molecule has 0 bridgehead atoms. The van der Waals surface area contributed by atoms with Crippen LogP contribution in [0.2, 0.25) is 10.3 Å². The van der Waals surface area contributed by atoms with Crippen LogP contribution in [0, 0.1) is 11.8 Å². The maximum Gasteiger partial charge on any atom is 0.307 e. The predicted octanol–water partition coefficient (Wildman–Crippen LogP) is 2.22. The first-order chi connectivity index (χ1) is 9.00. The van der Waals surface area contributed by atoms with Crippen LogP contribution in [-0.2, 0) is 9.59 Å². The molecule has 1 aliphatic rings. The first-order valence-corrected chi connectivity index (χ1v) is 6.46. The summed E-state index contributed by atoms with van der Waals surface area (Å²) in [7, 11) is 0. The van der Waals surface area contributed by atoms with Crippen LogP contribution < -0.4 is 5.32 Å². The summed E-state index contributed by atoms with van der Waals surface area (Å²) in [5.74, 6) is -2.62. The molecular weight excluding hydrogens is 293 g/mol. The second kappa shape index (κ2) is 5.71. The quantitative estimate of drug-likeness (QED) is 0.835. The molecule has 8 heteroatoms. The highest BCUT2D eigenvalue weighted by Gasteiger charge is 2.38. The number of aliphatic carboxylic acids is 1. The average molecular weight is 304 g/mol. The molecule has 1 aliphatic carbocycles. The first-order valence-electron chi connectivity index (χ1n) is 5.70. The molecule has 1 aromatic rings. The van der Waals surface area contributed by atoms with Gasteiger partial charge in [-0.05, 0) is 12.8 Å². The van der Waals surface area contributed by atoms with Crippen LogP contribution in [0.5, 0.6) is 0 Å². The van der Waals surface area contributed by atoms with E-state index < -0.39 is 23.7 Å². The van der Waals surface area contributed by atoms with Gasteiger partial charge < -0.3 is 10.4 Å². The van der Waals surface area contributed by atoms with Crippen molar-refractivity contribution >= 4 is 40.8 Å². The molecule has 0 radical (unpaired) electrons. The van der Waals surface area contributed by atoms with E-state index in [2.05, 4.69) is 15.3 Å². The molecule has 0 aromatic carbocycles. The molecule has 0 saturated heterocycles. The van der Waals surface area contributed by atoms with Crippen molar-refractivity contribution in [2.24, 2.45) is 11.8 Å². The van der Waals surface area contributed by atoms with Gasteiger partial charge in [-0.1, -0.05) is 29.6 Å². The van der Waals surface area contributed by atoms with Gasteiger partial charge in [-0.25, -0.2) is 9.97 Å². The van der Waals surface area contributed by atoms with Gasteiger partial charge in [0.1, 0.15) is 12.0 Å². The number of rotatable bonds is 3. The van der Waals surface area contributed by atoms with Crippen LogP contribution in [-0.4, -0.2) is 27.0 Å². The number of anilines is 1. The Morgan fingerprint density at radius 1 is 1.21 bits per heavy atom. The Balaban J connectivity index is 2.15. The fourth-order valence-corrected chi connectivity index (χ4v) is 2.64. The summed E-state index contributed by atoms with van der Waals surface area (Å²) in [6, 6.07) is 0. The summed E-state index contributed by atoms with van der Waals surface area (Å²) in [5.41, 5.74) is 0.117. The molecule has 2 N–H and O–H groups in total. The third kappa shape index (κ3) is 2.96. The molecule has 2 atom stereocenters. The molecule has 0 spiro atoms. The molecule has 19 heavy (non-hydrogen) atoms. The lowest BCUT2D eigenvalue weighted by atomic mass is 9.95. The second-order valence-corrected chi connectivity index (χ2v) is 5.02. The first kappa shape index (κ1) is 14.0. The van der Waals surface area contributed by atoms with Crippen molar-refractivity contribution in [3.05, 3.63) is 16.6 Å². The number of carboxylic acid groups (broad SMARTS) is 1. The maximum absolute atomic E-state index is 12.1. The van der Waals surface area contributed by atoms with Crippen LogP contribution in [0.1, 0.15) is 19.3 Å². The Hall–Kier alpha value is -1.40. The highest BCUT2D eigenvalue weighted by Crippen LogP contribution is 2.34. The molecule has 6 nitrogen and oxygen atoms in total. The predicted molar refractivity (Wildman–Crippen MR) is 69.1 cm³/mol. The molecule has 1 fully saturated rings. The van der Waals surface area contributed by atoms with Gasteiger partial charge in [-0.15, -0.1) is 0 Å². The number of carboxylic acids is 1. The number of amides is 1. The summed E-state index contributed by atoms with van der Waals surface area (Å²) in [5, 5.41) is 11.6. The van der Waals surface area contributed by atoms with Gasteiger partial charge in [0, 0.05) is 0 Å². The van der Waals surface area contributed by atoms with Crippen molar-refractivity contribution < 1.29 is 14.7 Å². The van der Waals surface area contributed by atoms with Gasteiger partial charge in [-0.3, -0.25) is 9.59 Å². The Morgan fingerprint density at radius 2 is 1.79 bits per heavy atom. The van der Waals surface area contributed by atoms with Crippen LogP contribution in [0.4, 0.5) is 5.69 Å². The minimum absolute atomic E-state index is 0.0261. The zero-order valence-corrected chi connectivity index (χ0v) is 11.3. The van der Waals surface area contributed by atoms with Crippen molar-refractivity contribution in [2.45, 2.75) is 19.3 Å². The SMILES string of the molecule is O=C(O)C1CCCC1C(=O)Nc1c(Cl)ncnc1Cl. The van der Waals surface area contributed by atoms with E-state index in [0.29, 0.717) is 19.3 Å². The van der Waals surface area contributed by atoms with E-state index in [-0.39, 0.29) is 16.0 Å². The van der Waals surface area contributed by atoms with E-state index in [1.807, 2.05) is 0 Å². The Morgan fingerprint density at radius 3 is 2.37 bits per heavy atom. The molecule has 2 rings (SSSR count). The normalized spacial score (nSPS) is 22.2. The van der Waals surface area contributed by atoms with Crippen molar-refractivity contribution in [3.8, 4) is 0 Å². The molecule has 102 valence electrons. The lowest BCUT2D eigenvalue weighted by Gasteiger charge is -2.16. The number of hydrogen-bond acceptors (Lipinski definition) is 4. The largest absolute Gasteiger partial charge is 0.481 e. The molecular formula is C11H11Cl2N3O3. The molecule has 2 unspecified atom stereocenters. The van der Waals surface area contributed by atoms with Crippen molar-refractivity contribution in [2.75, 3.05) is 5.32 Å². The van der Waals surface area contributed by atoms with Crippen LogP contribution in [0.3, 0.4) is 0 Å². The maximum atomic E-state index is 12.1. The van der Waals surface area contributed by atoms with Crippen molar-refractivity contribution in [1.82, 2.24) is 9.97 Å². The third-order valence-electron chi connectivity index (χ3n) is 3.17. The van der Waals surface area contributed by atoms with Crippen molar-refractivity contribution in [3.63, 3.8) is 0 Å². The highest BCUT2D eigenvalue weighted by atomic mass is 35.5. The van der Waals surface area contributed by atoms with Crippen molar-refractivity contribution in [1.29, 1.82) is 0 Å². The Kier molecular flexibility index (Phi) is 4.21. The number of carbonyl (C=O) groups excluding carboxylic acids is 1. The standard InChI is InChI=1S/C11H11Cl2N3O3/c12-8-7(9(13)15-4-14-8)16-10(17)5-2-1-3-6(5)11(18)19/h4-6H,1-3H2,(H,16,17)(H,18,19). The molecule has 1 heterocycles. The zero-order chi connectivity index (χ0) is 14.0. The average Bonchev–Trinajstić information content (AvgIpc) is 2.83. The minimum Gasteiger partial charge on any atom is -0.481 e. The van der Waals surface area contributed by atoms with E-state index in [0.717, 1.165) is 0 Å². The fourth-order valence-electron chi connectivity index (χ4n) is 2.23. The van der Waals surface area contributed by atoms with Gasteiger partial charge in [-0.2, -0.15) is 0 Å². The lowest BCUT2D eigenvalue weighted by Crippen LogP contribution is -2.30. The summed E-state index contributed by atoms with van der Waals surface area (Å²) in [6.07, 6.45) is 2.92. The number of halogens is 2. The van der Waals surface area contributed by atoms with Gasteiger partial charge in [0.15, 0.2) is 10.3 Å². The van der Waals surface area contributed by atoms with E-state index in [4.69, 9.17) is 28.3 Å². The number of nitrogens with zero attached hydrogens (tertiary/aromatic N) is 2. The summed E-state index contributed by atoms with van der Waals surface area (Å²) >= 11 is 11.6. The lowest BCUT2D eigenvalue weighted by molar-refractivity contribution is -0.145. The monoisotopic (exact) mass is 303 g/mol. The third-order valence-corrected chi connectivity index (χ3v) is 3.75. The molecule has 1 aromatic heterocycles. The molecule has 1 saturated carbocycles. The number of aromatic nitrogens is 2. The Bertz CT molecular complexity index is 504. The second-order valence-electron chi connectivity index (χ2n) is 4.30. The number of carbonyl (C=O) groups is 2. The van der Waals surface area contributed by atoms with E-state index in [1.165, 1.54) is 6.33 Å². The smallest absolute Gasteiger partial charge is 0.307 e. The topological polar surface area (TPSA) is 92.2 Å². The zero-order valence-electron chi connectivity index (χ0n) is 9.77. The summed E-state index contributed by atoms with van der Waals surface area (Å²) in [6.45, 7) is 0. The van der Waals surface area contributed by atoms with Gasteiger partial charge in [0.05, 0.1) is 11.8 Å². The van der Waals surface area contributed by atoms with Gasteiger partial charge in [0.25, 0.3) is 0 Å². The highest BCUT2D eigenvalue weighted by molar-refractivity contribution is 6.38. The van der Waals surface area contributed by atoms with E-state index >= 15 is 0 Å². The Labute approximate surface area is 119 Å². The van der Waals surface area contributed by atoms with Gasteiger partial charge in [0.2, 0.25) is 5.91 Å².